The minimum Gasteiger partial charge on any atom is -0.313 e. The minimum atomic E-state index is -3.97. The molecule has 0 saturated heterocycles. The standard InChI is InChI=1S/C20H17Cl2FN2O2S/c1-24-19-8-7-15-17(19)11-25(20(15)16-6-5-13(22)10-18(16)23)28(26,27)14-4-2-3-12(21)9-14/h2-6,9-11,19,24H,7-8H2,1H3. The summed E-state index contributed by atoms with van der Waals surface area (Å²) in [5.41, 5.74) is 2.22. The Hall–Kier alpha value is -1.86. The van der Waals surface area contributed by atoms with Crippen molar-refractivity contribution in [2.24, 2.45) is 0 Å². The monoisotopic (exact) mass is 438 g/mol. The zero-order chi connectivity index (χ0) is 20.1. The number of nitrogens with zero attached hydrogens (tertiary/aromatic N) is 1. The smallest absolute Gasteiger partial charge is 0.268 e. The SMILES string of the molecule is CNC1CCc2c1cn(S(=O)(=O)c1cccc(Cl)c1)c2-c1ccc(Cl)cc1F. The molecule has 0 bridgehead atoms. The van der Waals surface area contributed by atoms with Gasteiger partial charge in [0.2, 0.25) is 0 Å². The summed E-state index contributed by atoms with van der Waals surface area (Å²) < 4.78 is 42.7. The number of nitrogens with one attached hydrogen (secondary N) is 1. The molecule has 0 aliphatic heterocycles. The Balaban J connectivity index is 2.00. The first-order valence-electron chi connectivity index (χ1n) is 8.71. The van der Waals surface area contributed by atoms with Crippen molar-refractivity contribution in [3.63, 3.8) is 0 Å². The van der Waals surface area contributed by atoms with Gasteiger partial charge in [0.1, 0.15) is 5.82 Å². The van der Waals surface area contributed by atoms with Crippen LogP contribution in [0.4, 0.5) is 4.39 Å². The summed E-state index contributed by atoms with van der Waals surface area (Å²) in [6.07, 6.45) is 3.06. The summed E-state index contributed by atoms with van der Waals surface area (Å²) in [5.74, 6) is -0.566. The molecule has 4 rings (SSSR count). The van der Waals surface area contributed by atoms with Crippen molar-refractivity contribution in [3.05, 3.63) is 75.7 Å². The summed E-state index contributed by atoms with van der Waals surface area (Å²) in [6, 6.07) is 10.3. The first-order valence-corrected chi connectivity index (χ1v) is 10.9. The highest BCUT2D eigenvalue weighted by molar-refractivity contribution is 7.90. The van der Waals surface area contributed by atoms with Gasteiger partial charge in [0.15, 0.2) is 0 Å². The van der Waals surface area contributed by atoms with Crippen LogP contribution in [0.2, 0.25) is 10.0 Å². The van der Waals surface area contributed by atoms with E-state index < -0.39 is 15.8 Å². The van der Waals surface area contributed by atoms with E-state index in [2.05, 4.69) is 5.32 Å². The number of benzene rings is 2. The number of hydrogen-bond acceptors (Lipinski definition) is 3. The van der Waals surface area contributed by atoms with Gasteiger partial charge in [0, 0.05) is 27.8 Å². The molecule has 146 valence electrons. The van der Waals surface area contributed by atoms with E-state index in [1.807, 2.05) is 7.05 Å². The third-order valence-corrected chi connectivity index (χ3v) is 7.18. The molecule has 0 radical (unpaired) electrons. The van der Waals surface area contributed by atoms with Gasteiger partial charge < -0.3 is 5.32 Å². The molecule has 0 saturated carbocycles. The van der Waals surface area contributed by atoms with Crippen LogP contribution >= 0.6 is 23.2 Å². The normalized spacial score (nSPS) is 16.4. The highest BCUT2D eigenvalue weighted by atomic mass is 35.5. The van der Waals surface area contributed by atoms with E-state index in [0.29, 0.717) is 17.1 Å². The van der Waals surface area contributed by atoms with Crippen LogP contribution in [-0.4, -0.2) is 19.4 Å². The van der Waals surface area contributed by atoms with Crippen molar-refractivity contribution >= 4 is 33.2 Å². The van der Waals surface area contributed by atoms with Gasteiger partial charge in [-0.25, -0.2) is 16.8 Å². The van der Waals surface area contributed by atoms with Gasteiger partial charge in [-0.3, -0.25) is 0 Å². The van der Waals surface area contributed by atoms with Crippen LogP contribution in [0.3, 0.4) is 0 Å². The van der Waals surface area contributed by atoms with Gasteiger partial charge in [-0.15, -0.1) is 0 Å². The van der Waals surface area contributed by atoms with E-state index in [-0.39, 0.29) is 21.5 Å². The largest absolute Gasteiger partial charge is 0.313 e. The molecule has 1 N–H and O–H groups in total. The van der Waals surface area contributed by atoms with Crippen molar-refractivity contribution in [1.29, 1.82) is 0 Å². The van der Waals surface area contributed by atoms with E-state index in [1.165, 1.54) is 28.2 Å². The van der Waals surface area contributed by atoms with Crippen molar-refractivity contribution in [2.75, 3.05) is 7.05 Å². The average Bonchev–Trinajstić information content (AvgIpc) is 3.21. The summed E-state index contributed by atoms with van der Waals surface area (Å²) in [6.45, 7) is 0. The highest BCUT2D eigenvalue weighted by Gasteiger charge is 2.33. The second-order valence-corrected chi connectivity index (χ2v) is 9.36. The maximum atomic E-state index is 14.8. The molecule has 1 atom stereocenters. The van der Waals surface area contributed by atoms with E-state index in [0.717, 1.165) is 17.5 Å². The van der Waals surface area contributed by atoms with Gasteiger partial charge >= 0.3 is 0 Å². The molecule has 0 amide bonds. The molecule has 1 aliphatic rings. The molecular formula is C20H17Cl2FN2O2S. The van der Waals surface area contributed by atoms with Crippen LogP contribution in [-0.2, 0) is 16.4 Å². The molecule has 3 aromatic rings. The fourth-order valence-electron chi connectivity index (χ4n) is 3.74. The van der Waals surface area contributed by atoms with Crippen LogP contribution in [0.15, 0.2) is 53.6 Å². The highest BCUT2D eigenvalue weighted by Crippen LogP contribution is 2.42. The number of fused-ring (bicyclic) bond motifs is 1. The molecule has 8 heteroatoms. The molecule has 1 unspecified atom stereocenters. The third-order valence-electron chi connectivity index (χ3n) is 5.06. The number of rotatable bonds is 4. The first-order chi connectivity index (χ1) is 13.3. The molecule has 28 heavy (non-hydrogen) atoms. The lowest BCUT2D eigenvalue weighted by Gasteiger charge is -2.14. The van der Waals surface area contributed by atoms with E-state index in [1.54, 1.807) is 24.4 Å². The lowest BCUT2D eigenvalue weighted by molar-refractivity contribution is 0.578. The van der Waals surface area contributed by atoms with Gasteiger partial charge in [-0.2, -0.15) is 0 Å². The van der Waals surface area contributed by atoms with Gasteiger partial charge in [0.05, 0.1) is 10.6 Å². The lowest BCUT2D eigenvalue weighted by atomic mass is 10.1. The van der Waals surface area contributed by atoms with Crippen LogP contribution in [0, 0.1) is 5.82 Å². The lowest BCUT2D eigenvalue weighted by Crippen LogP contribution is -2.16. The van der Waals surface area contributed by atoms with Gasteiger partial charge in [-0.1, -0.05) is 29.3 Å². The first kappa shape index (κ1) is 19.5. The van der Waals surface area contributed by atoms with Crippen LogP contribution in [0.1, 0.15) is 23.6 Å². The minimum absolute atomic E-state index is 0.0138. The molecular weight excluding hydrogens is 422 g/mol. The molecule has 0 spiro atoms. The number of halogens is 3. The van der Waals surface area contributed by atoms with Crippen molar-refractivity contribution in [3.8, 4) is 11.3 Å². The maximum Gasteiger partial charge on any atom is 0.268 e. The zero-order valence-electron chi connectivity index (χ0n) is 14.9. The molecule has 1 aromatic heterocycles. The molecule has 1 aliphatic carbocycles. The van der Waals surface area contributed by atoms with Crippen molar-refractivity contribution < 1.29 is 12.8 Å². The third kappa shape index (κ3) is 3.14. The summed E-state index contributed by atoms with van der Waals surface area (Å²) in [5, 5.41) is 3.76. The number of hydrogen-bond donors (Lipinski definition) is 1. The zero-order valence-corrected chi connectivity index (χ0v) is 17.2. The Morgan fingerprint density at radius 3 is 2.57 bits per heavy atom. The van der Waals surface area contributed by atoms with Gasteiger partial charge in [-0.05, 0) is 67.4 Å². The predicted molar refractivity (Wildman–Crippen MR) is 109 cm³/mol. The number of aromatic nitrogens is 1. The molecule has 0 fully saturated rings. The van der Waals surface area contributed by atoms with E-state index in [9.17, 15) is 12.8 Å². The predicted octanol–water partition coefficient (Wildman–Crippen LogP) is 5.04. The van der Waals surface area contributed by atoms with E-state index in [4.69, 9.17) is 23.2 Å². The Labute approximate surface area is 173 Å². The molecule has 1 heterocycles. The Bertz CT molecular complexity index is 1170. The fraction of sp³-hybridized carbons (Fsp3) is 0.200. The molecule has 4 nitrogen and oxygen atoms in total. The Morgan fingerprint density at radius 2 is 1.89 bits per heavy atom. The Morgan fingerprint density at radius 1 is 1.14 bits per heavy atom. The maximum absolute atomic E-state index is 14.8. The van der Waals surface area contributed by atoms with Crippen LogP contribution in [0.25, 0.3) is 11.3 Å². The van der Waals surface area contributed by atoms with Crippen LogP contribution in [0.5, 0.6) is 0 Å². The van der Waals surface area contributed by atoms with Gasteiger partial charge in [0.25, 0.3) is 10.0 Å². The molecule has 2 aromatic carbocycles. The quantitative estimate of drug-likeness (QED) is 0.620. The topological polar surface area (TPSA) is 51.1 Å². The summed E-state index contributed by atoms with van der Waals surface area (Å²) in [7, 11) is -2.15. The van der Waals surface area contributed by atoms with E-state index >= 15 is 0 Å². The van der Waals surface area contributed by atoms with Crippen molar-refractivity contribution in [1.82, 2.24) is 9.29 Å². The fourth-order valence-corrected chi connectivity index (χ4v) is 5.61. The summed E-state index contributed by atoms with van der Waals surface area (Å²) >= 11 is 11.9. The Kier molecular flexibility index (Phi) is 5.00. The average molecular weight is 439 g/mol. The van der Waals surface area contributed by atoms with Crippen molar-refractivity contribution in [2.45, 2.75) is 23.8 Å². The van der Waals surface area contributed by atoms with Crippen LogP contribution < -0.4 is 5.32 Å². The second-order valence-electron chi connectivity index (χ2n) is 6.67. The second kappa shape index (κ2) is 7.19. The summed E-state index contributed by atoms with van der Waals surface area (Å²) in [4.78, 5) is 0.0466.